The summed E-state index contributed by atoms with van der Waals surface area (Å²) in [4.78, 5) is 16.7. The van der Waals surface area contributed by atoms with Gasteiger partial charge in [0, 0.05) is 31.0 Å². The van der Waals surface area contributed by atoms with E-state index in [9.17, 15) is 13.2 Å². The van der Waals surface area contributed by atoms with E-state index in [0.717, 1.165) is 11.3 Å². The van der Waals surface area contributed by atoms with Gasteiger partial charge in [-0.25, -0.2) is 13.4 Å². The Kier molecular flexibility index (Phi) is 5.67. The molecule has 1 amide bonds. The molecule has 1 saturated heterocycles. The maximum atomic E-state index is 12.9. The zero-order valence-electron chi connectivity index (χ0n) is 15.9. The lowest BCUT2D eigenvalue weighted by Crippen LogP contribution is -2.43. The van der Waals surface area contributed by atoms with Gasteiger partial charge in [-0.2, -0.15) is 4.31 Å². The normalized spacial score (nSPS) is 18.6. The molecular weight excluding hydrogens is 364 g/mol. The highest BCUT2D eigenvalue weighted by Crippen LogP contribution is 2.24. The first-order chi connectivity index (χ1) is 12.8. The van der Waals surface area contributed by atoms with Crippen molar-refractivity contribution in [1.82, 2.24) is 13.9 Å². The van der Waals surface area contributed by atoms with Crippen molar-refractivity contribution in [2.75, 3.05) is 18.4 Å². The van der Waals surface area contributed by atoms with Crippen LogP contribution >= 0.6 is 0 Å². The minimum atomic E-state index is -3.70. The van der Waals surface area contributed by atoms with E-state index in [1.807, 2.05) is 45.0 Å². The second-order valence-electron chi connectivity index (χ2n) is 7.31. The number of rotatable bonds is 5. The molecule has 1 fully saturated rings. The van der Waals surface area contributed by atoms with Gasteiger partial charge in [-0.1, -0.05) is 12.1 Å². The van der Waals surface area contributed by atoms with Crippen molar-refractivity contribution in [3.05, 3.63) is 42.4 Å². The van der Waals surface area contributed by atoms with Crippen LogP contribution in [0.15, 0.2) is 41.8 Å². The summed E-state index contributed by atoms with van der Waals surface area (Å²) in [5, 5.41) is 2.94. The molecule has 1 aromatic carbocycles. The average molecular weight is 391 g/mol. The molecule has 0 saturated carbocycles. The van der Waals surface area contributed by atoms with Crippen LogP contribution in [-0.4, -0.2) is 41.3 Å². The van der Waals surface area contributed by atoms with E-state index in [1.165, 1.54) is 10.6 Å². The number of aromatic nitrogens is 2. The number of carbonyl (C=O) groups excluding carboxylic acids is 1. The van der Waals surface area contributed by atoms with E-state index in [1.54, 1.807) is 10.8 Å². The van der Waals surface area contributed by atoms with Gasteiger partial charge in [0.05, 0.1) is 12.2 Å². The van der Waals surface area contributed by atoms with E-state index < -0.39 is 10.0 Å². The maximum Gasteiger partial charge on any atom is 0.262 e. The highest BCUT2D eigenvalue weighted by Gasteiger charge is 2.34. The Labute approximate surface area is 160 Å². The van der Waals surface area contributed by atoms with E-state index >= 15 is 0 Å². The molecule has 1 aliphatic rings. The summed E-state index contributed by atoms with van der Waals surface area (Å²) in [6.45, 7) is 6.47. The Morgan fingerprint density at radius 2 is 2.11 bits per heavy atom. The molecule has 1 aliphatic heterocycles. The van der Waals surface area contributed by atoms with Crippen molar-refractivity contribution < 1.29 is 13.2 Å². The number of nitrogens with one attached hydrogen (secondary N) is 1. The molecule has 1 N–H and O–H groups in total. The fraction of sp³-hybridized carbons (Fsp3) is 0.474. The van der Waals surface area contributed by atoms with Crippen molar-refractivity contribution in [2.45, 2.75) is 44.7 Å². The van der Waals surface area contributed by atoms with E-state index in [-0.39, 0.29) is 29.4 Å². The van der Waals surface area contributed by atoms with Crippen molar-refractivity contribution in [2.24, 2.45) is 5.92 Å². The quantitative estimate of drug-likeness (QED) is 0.851. The van der Waals surface area contributed by atoms with E-state index in [0.29, 0.717) is 19.4 Å². The van der Waals surface area contributed by atoms with Crippen molar-refractivity contribution in [1.29, 1.82) is 0 Å². The number of aryl methyl sites for hydroxylation is 1. The summed E-state index contributed by atoms with van der Waals surface area (Å²) in [5.74, 6) is -0.519. The standard InChI is InChI=1S/C19H26N4O3S/c1-14(2)22-12-18(20-13-22)27(25,26)23-9-5-7-16(11-23)19(24)21-17-8-4-6-15(3)10-17/h4,6,8,10,12-14,16H,5,7,9,11H2,1-3H3,(H,21,24)/t16-/m1/s1. The molecule has 146 valence electrons. The number of nitrogens with zero attached hydrogens (tertiary/aromatic N) is 3. The topological polar surface area (TPSA) is 84.3 Å². The second kappa shape index (κ2) is 7.82. The van der Waals surface area contributed by atoms with E-state index in [2.05, 4.69) is 10.3 Å². The molecule has 7 nitrogen and oxygen atoms in total. The summed E-state index contributed by atoms with van der Waals surface area (Å²) in [6.07, 6.45) is 4.40. The second-order valence-corrected chi connectivity index (χ2v) is 9.20. The lowest BCUT2D eigenvalue weighted by atomic mass is 9.98. The predicted octanol–water partition coefficient (Wildman–Crippen LogP) is 2.81. The molecule has 2 aromatic rings. The Bertz CT molecular complexity index is 921. The minimum absolute atomic E-state index is 0.0379. The summed E-state index contributed by atoms with van der Waals surface area (Å²) in [6, 6.07) is 7.71. The molecule has 0 unspecified atom stereocenters. The van der Waals surface area contributed by atoms with Crippen LogP contribution in [0.3, 0.4) is 0 Å². The lowest BCUT2D eigenvalue weighted by Gasteiger charge is -2.30. The van der Waals surface area contributed by atoms with Crippen LogP contribution in [0.2, 0.25) is 0 Å². The number of benzene rings is 1. The fourth-order valence-electron chi connectivity index (χ4n) is 3.21. The number of hydrogen-bond donors (Lipinski definition) is 1. The van der Waals surface area contributed by atoms with Gasteiger partial charge < -0.3 is 9.88 Å². The zero-order chi connectivity index (χ0) is 19.6. The van der Waals surface area contributed by atoms with Gasteiger partial charge in [-0.15, -0.1) is 0 Å². The number of anilines is 1. The summed E-state index contributed by atoms with van der Waals surface area (Å²) in [5.41, 5.74) is 1.79. The Balaban J connectivity index is 1.71. The highest BCUT2D eigenvalue weighted by molar-refractivity contribution is 7.89. The molecule has 3 rings (SSSR count). The molecule has 0 spiro atoms. The largest absolute Gasteiger partial charge is 0.334 e. The van der Waals surface area contributed by atoms with Crippen molar-refractivity contribution >= 4 is 21.6 Å². The van der Waals surface area contributed by atoms with Gasteiger partial charge in [-0.05, 0) is 51.3 Å². The number of imidazole rings is 1. The average Bonchev–Trinajstić information content (AvgIpc) is 3.13. The van der Waals surface area contributed by atoms with Crippen molar-refractivity contribution in [3.8, 4) is 0 Å². The molecule has 8 heteroatoms. The van der Waals surface area contributed by atoms with Gasteiger partial charge in [0.15, 0.2) is 5.03 Å². The van der Waals surface area contributed by atoms with Crippen LogP contribution in [0, 0.1) is 12.8 Å². The Hall–Kier alpha value is -2.19. The predicted molar refractivity (Wildman–Crippen MR) is 104 cm³/mol. The smallest absolute Gasteiger partial charge is 0.262 e. The van der Waals surface area contributed by atoms with Crippen LogP contribution in [0.1, 0.15) is 38.3 Å². The van der Waals surface area contributed by atoms with E-state index in [4.69, 9.17) is 0 Å². The molecule has 0 aliphatic carbocycles. The molecule has 1 atom stereocenters. The Morgan fingerprint density at radius 3 is 2.78 bits per heavy atom. The lowest BCUT2D eigenvalue weighted by molar-refractivity contribution is -0.120. The fourth-order valence-corrected chi connectivity index (χ4v) is 4.65. The van der Waals surface area contributed by atoms with Gasteiger partial charge in [0.1, 0.15) is 0 Å². The van der Waals surface area contributed by atoms with Crippen molar-refractivity contribution in [3.63, 3.8) is 0 Å². The van der Waals surface area contributed by atoms with Gasteiger partial charge in [-0.3, -0.25) is 4.79 Å². The number of carbonyl (C=O) groups is 1. The van der Waals surface area contributed by atoms with Crippen LogP contribution in [0.5, 0.6) is 0 Å². The number of hydrogen-bond acceptors (Lipinski definition) is 4. The van der Waals surface area contributed by atoms with Crippen LogP contribution in [0.25, 0.3) is 0 Å². The third-order valence-corrected chi connectivity index (χ3v) is 6.57. The first kappa shape index (κ1) is 19.6. The first-order valence-corrected chi connectivity index (χ1v) is 10.6. The molecule has 0 bridgehead atoms. The SMILES string of the molecule is Cc1cccc(NC(=O)[C@@H]2CCCN(S(=O)(=O)c3cn(C(C)C)cn3)C2)c1. The number of piperidine rings is 1. The number of amides is 1. The van der Waals surface area contributed by atoms with Crippen LogP contribution < -0.4 is 5.32 Å². The maximum absolute atomic E-state index is 12.9. The molecule has 0 radical (unpaired) electrons. The first-order valence-electron chi connectivity index (χ1n) is 9.18. The molecule has 1 aromatic heterocycles. The van der Waals surface area contributed by atoms with Crippen LogP contribution in [-0.2, 0) is 14.8 Å². The highest BCUT2D eigenvalue weighted by atomic mass is 32.2. The molecule has 27 heavy (non-hydrogen) atoms. The molecule has 2 heterocycles. The third-order valence-electron chi connectivity index (χ3n) is 4.82. The minimum Gasteiger partial charge on any atom is -0.334 e. The summed E-state index contributed by atoms with van der Waals surface area (Å²) >= 11 is 0. The number of sulfonamides is 1. The molecular formula is C19H26N4O3S. The zero-order valence-corrected chi connectivity index (χ0v) is 16.7. The third kappa shape index (κ3) is 4.39. The Morgan fingerprint density at radius 1 is 1.33 bits per heavy atom. The summed E-state index contributed by atoms with van der Waals surface area (Å²) < 4.78 is 29.0. The van der Waals surface area contributed by atoms with Gasteiger partial charge in [0.2, 0.25) is 5.91 Å². The van der Waals surface area contributed by atoms with Gasteiger partial charge >= 0.3 is 0 Å². The van der Waals surface area contributed by atoms with Crippen LogP contribution in [0.4, 0.5) is 5.69 Å². The monoisotopic (exact) mass is 390 g/mol. The van der Waals surface area contributed by atoms with Gasteiger partial charge in [0.25, 0.3) is 10.0 Å². The summed E-state index contributed by atoms with van der Waals surface area (Å²) in [7, 11) is -3.70.